The second kappa shape index (κ2) is 8.24. The summed E-state index contributed by atoms with van der Waals surface area (Å²) in [6, 6.07) is 3.80. The molecule has 0 bridgehead atoms. The summed E-state index contributed by atoms with van der Waals surface area (Å²) < 4.78 is 19.8. The van der Waals surface area contributed by atoms with E-state index in [0.717, 1.165) is 45.7 Å². The lowest BCUT2D eigenvalue weighted by molar-refractivity contribution is -0.0694. The highest BCUT2D eigenvalue weighted by molar-refractivity contribution is 7.99. The van der Waals surface area contributed by atoms with Gasteiger partial charge in [0.25, 0.3) is 5.56 Å². The summed E-state index contributed by atoms with van der Waals surface area (Å²) in [7, 11) is 0. The number of hydrogen-bond acceptors (Lipinski definition) is 6. The Morgan fingerprint density at radius 1 is 1.24 bits per heavy atom. The van der Waals surface area contributed by atoms with E-state index in [1.165, 1.54) is 18.9 Å². The van der Waals surface area contributed by atoms with Gasteiger partial charge in [0.2, 0.25) is 0 Å². The fraction of sp³-hybridized carbons (Fsp3) is 0.619. The molecule has 3 aliphatic rings. The van der Waals surface area contributed by atoms with Gasteiger partial charge in [-0.25, -0.2) is 9.37 Å². The summed E-state index contributed by atoms with van der Waals surface area (Å²) >= 11 is 1.84. The van der Waals surface area contributed by atoms with Crippen LogP contribution in [0.2, 0.25) is 0 Å². The number of hydrogen-bond donors (Lipinski definition) is 2. The first-order chi connectivity index (χ1) is 14.2. The van der Waals surface area contributed by atoms with Gasteiger partial charge in [-0.05, 0) is 56.8 Å². The molecule has 2 N–H and O–H groups in total. The molecule has 0 amide bonds. The van der Waals surface area contributed by atoms with E-state index in [2.05, 4.69) is 20.2 Å². The first-order valence-electron chi connectivity index (χ1n) is 10.6. The lowest BCUT2D eigenvalue weighted by Gasteiger charge is -2.41. The number of anilines is 1. The zero-order valence-corrected chi connectivity index (χ0v) is 17.3. The predicted octanol–water partition coefficient (Wildman–Crippen LogP) is 2.98. The number of nitrogens with zero attached hydrogens (tertiary/aromatic N) is 2. The Kier molecular flexibility index (Phi) is 5.49. The fourth-order valence-electron chi connectivity index (χ4n) is 4.07. The summed E-state index contributed by atoms with van der Waals surface area (Å²) in [6.45, 7) is 4.80. The summed E-state index contributed by atoms with van der Waals surface area (Å²) in [4.78, 5) is 22.3. The van der Waals surface area contributed by atoms with Crippen molar-refractivity contribution in [2.24, 2.45) is 5.92 Å². The van der Waals surface area contributed by atoms with Crippen LogP contribution in [0.3, 0.4) is 0 Å². The minimum absolute atomic E-state index is 0.0479. The van der Waals surface area contributed by atoms with Gasteiger partial charge in [-0.3, -0.25) is 9.69 Å². The maximum atomic E-state index is 14.5. The molecular weight excluding hydrogens is 391 g/mol. The van der Waals surface area contributed by atoms with Crippen LogP contribution in [0.4, 0.5) is 10.1 Å². The molecule has 156 valence electrons. The SMILES string of the molecule is O=c1[nH]c(CSC2CCN(C3COC3)CC2)nc2cc(NCC3CC3)cc(F)c12. The quantitative estimate of drug-likeness (QED) is 0.721. The number of fused-ring (bicyclic) bond motifs is 1. The molecule has 2 aromatic rings. The lowest BCUT2D eigenvalue weighted by Crippen LogP contribution is -2.52. The Labute approximate surface area is 173 Å². The topological polar surface area (TPSA) is 70.2 Å². The van der Waals surface area contributed by atoms with Crippen LogP contribution < -0.4 is 10.9 Å². The first-order valence-corrected chi connectivity index (χ1v) is 11.6. The monoisotopic (exact) mass is 418 g/mol. The van der Waals surface area contributed by atoms with E-state index < -0.39 is 11.4 Å². The van der Waals surface area contributed by atoms with Crippen molar-refractivity contribution >= 4 is 28.4 Å². The van der Waals surface area contributed by atoms with Crippen LogP contribution >= 0.6 is 11.8 Å². The van der Waals surface area contributed by atoms with Gasteiger partial charge in [-0.2, -0.15) is 11.8 Å². The molecule has 3 fully saturated rings. The van der Waals surface area contributed by atoms with Crippen molar-refractivity contribution in [1.29, 1.82) is 0 Å². The number of likely N-dealkylation sites (tertiary alicyclic amines) is 1. The van der Waals surface area contributed by atoms with E-state index in [1.54, 1.807) is 6.07 Å². The second-order valence-corrected chi connectivity index (χ2v) is 9.72. The molecule has 1 aromatic carbocycles. The third kappa shape index (κ3) is 4.44. The summed E-state index contributed by atoms with van der Waals surface area (Å²) in [5, 5.41) is 3.89. The largest absolute Gasteiger partial charge is 0.385 e. The highest BCUT2D eigenvalue weighted by Crippen LogP contribution is 2.30. The Balaban J connectivity index is 1.24. The van der Waals surface area contributed by atoms with Crippen molar-refractivity contribution in [3.05, 3.63) is 34.1 Å². The van der Waals surface area contributed by atoms with Crippen molar-refractivity contribution in [3.8, 4) is 0 Å². The Bertz CT molecular complexity index is 936. The average Bonchev–Trinajstić information content (AvgIpc) is 3.48. The molecule has 2 saturated heterocycles. The third-order valence-electron chi connectivity index (χ3n) is 6.17. The molecule has 0 radical (unpaired) electrons. The standard InChI is InChI=1S/C21H27FN4O2S/c22-17-7-14(23-9-13-1-2-13)8-18-20(17)21(27)25-19(24-18)12-29-16-3-5-26(6-4-16)15-10-28-11-15/h7-8,13,15-16,23H,1-6,9-12H2,(H,24,25,27). The van der Waals surface area contributed by atoms with Gasteiger partial charge >= 0.3 is 0 Å². The van der Waals surface area contributed by atoms with E-state index in [-0.39, 0.29) is 5.39 Å². The number of benzene rings is 1. The molecule has 0 atom stereocenters. The summed E-state index contributed by atoms with van der Waals surface area (Å²) in [6.07, 6.45) is 4.75. The number of H-pyrrole nitrogens is 1. The Hall–Kier alpha value is -1.64. The normalized spacial score (nSPS) is 21.4. The number of piperidine rings is 1. The number of aromatic amines is 1. The van der Waals surface area contributed by atoms with Crippen LogP contribution in [-0.2, 0) is 10.5 Å². The molecule has 0 unspecified atom stereocenters. The average molecular weight is 419 g/mol. The molecule has 6 nitrogen and oxygen atoms in total. The smallest absolute Gasteiger partial charge is 0.261 e. The molecule has 1 aliphatic carbocycles. The minimum Gasteiger partial charge on any atom is -0.385 e. The second-order valence-electron chi connectivity index (χ2n) is 8.43. The van der Waals surface area contributed by atoms with Crippen LogP contribution in [0.5, 0.6) is 0 Å². The lowest BCUT2D eigenvalue weighted by atomic mass is 10.1. The number of nitrogens with one attached hydrogen (secondary N) is 2. The van der Waals surface area contributed by atoms with E-state index in [1.807, 2.05) is 11.8 Å². The molecule has 8 heteroatoms. The highest BCUT2D eigenvalue weighted by Gasteiger charge is 2.29. The van der Waals surface area contributed by atoms with Gasteiger partial charge in [0.05, 0.1) is 30.5 Å². The molecule has 3 heterocycles. The fourth-order valence-corrected chi connectivity index (χ4v) is 5.14. The number of ether oxygens (including phenoxy) is 1. The van der Waals surface area contributed by atoms with Crippen molar-refractivity contribution in [1.82, 2.24) is 14.9 Å². The third-order valence-corrected chi connectivity index (χ3v) is 7.55. The van der Waals surface area contributed by atoms with Crippen LogP contribution in [0.25, 0.3) is 10.9 Å². The first kappa shape index (κ1) is 19.3. The van der Waals surface area contributed by atoms with Gasteiger partial charge in [-0.15, -0.1) is 0 Å². The predicted molar refractivity (Wildman–Crippen MR) is 114 cm³/mol. The Morgan fingerprint density at radius 3 is 2.72 bits per heavy atom. The zero-order valence-electron chi connectivity index (χ0n) is 16.5. The van der Waals surface area contributed by atoms with Gasteiger partial charge in [0, 0.05) is 17.5 Å². The summed E-state index contributed by atoms with van der Waals surface area (Å²) in [5.74, 6) is 1.45. The molecule has 2 aliphatic heterocycles. The van der Waals surface area contributed by atoms with E-state index in [9.17, 15) is 9.18 Å². The van der Waals surface area contributed by atoms with E-state index in [4.69, 9.17) is 4.74 Å². The number of rotatable bonds is 7. The molecule has 1 saturated carbocycles. The number of aromatic nitrogens is 2. The molecule has 29 heavy (non-hydrogen) atoms. The molecular formula is C21H27FN4O2S. The maximum absolute atomic E-state index is 14.5. The van der Waals surface area contributed by atoms with Crippen molar-refractivity contribution in [3.63, 3.8) is 0 Å². The number of thioether (sulfide) groups is 1. The van der Waals surface area contributed by atoms with Crippen LogP contribution in [0.15, 0.2) is 16.9 Å². The van der Waals surface area contributed by atoms with Crippen LogP contribution in [-0.4, -0.2) is 59.0 Å². The molecule has 0 spiro atoms. The van der Waals surface area contributed by atoms with E-state index in [0.29, 0.717) is 40.0 Å². The maximum Gasteiger partial charge on any atom is 0.261 e. The summed E-state index contributed by atoms with van der Waals surface area (Å²) in [5.41, 5.74) is 0.741. The number of halogens is 1. The van der Waals surface area contributed by atoms with E-state index >= 15 is 0 Å². The van der Waals surface area contributed by atoms with Crippen LogP contribution in [0.1, 0.15) is 31.5 Å². The molecule has 1 aromatic heterocycles. The van der Waals surface area contributed by atoms with Crippen molar-refractivity contribution in [2.45, 2.75) is 42.7 Å². The van der Waals surface area contributed by atoms with Gasteiger partial charge < -0.3 is 15.0 Å². The van der Waals surface area contributed by atoms with Gasteiger partial charge in [0.1, 0.15) is 17.0 Å². The van der Waals surface area contributed by atoms with Gasteiger partial charge in [0.15, 0.2) is 0 Å². The molecule has 5 rings (SSSR count). The van der Waals surface area contributed by atoms with Gasteiger partial charge in [-0.1, -0.05) is 0 Å². The van der Waals surface area contributed by atoms with Crippen LogP contribution in [0, 0.1) is 11.7 Å². The van der Waals surface area contributed by atoms with Crippen molar-refractivity contribution < 1.29 is 9.13 Å². The Morgan fingerprint density at radius 2 is 2.03 bits per heavy atom. The van der Waals surface area contributed by atoms with Crippen molar-refractivity contribution in [2.75, 3.05) is 38.2 Å². The highest BCUT2D eigenvalue weighted by atomic mass is 32.2. The zero-order chi connectivity index (χ0) is 19.8. The minimum atomic E-state index is -0.513.